The number of carbonyl (C=O) groups is 2. The van der Waals surface area contributed by atoms with Crippen molar-refractivity contribution in [1.29, 1.82) is 0 Å². The molecular weight excluding hydrogens is 394 g/mol. The summed E-state index contributed by atoms with van der Waals surface area (Å²) in [6, 6.07) is -0.612. The smallest absolute Gasteiger partial charge is 0.332 e. The van der Waals surface area contributed by atoms with Crippen LogP contribution in [0.3, 0.4) is 0 Å². The van der Waals surface area contributed by atoms with Gasteiger partial charge in [-0.15, -0.1) is 0 Å². The van der Waals surface area contributed by atoms with E-state index in [1.54, 1.807) is 6.08 Å². The van der Waals surface area contributed by atoms with Crippen molar-refractivity contribution in [2.24, 2.45) is 45.3 Å². The fourth-order valence-corrected chi connectivity index (χ4v) is 8.45. The van der Waals surface area contributed by atoms with Gasteiger partial charge in [0.05, 0.1) is 5.60 Å². The lowest BCUT2D eigenvalue weighted by Crippen LogP contribution is -2.62. The first-order chi connectivity index (χ1) is 14.7. The van der Waals surface area contributed by atoms with Gasteiger partial charge in [0.1, 0.15) is 6.61 Å². The van der Waals surface area contributed by atoms with E-state index in [1.165, 1.54) is 0 Å². The third-order valence-corrected chi connectivity index (χ3v) is 10.1. The Labute approximate surface area is 183 Å². The number of hydrogen-bond donors (Lipinski definition) is 3. The van der Waals surface area contributed by atoms with E-state index in [0.29, 0.717) is 24.4 Å². The van der Waals surface area contributed by atoms with Gasteiger partial charge < -0.3 is 15.6 Å². The van der Waals surface area contributed by atoms with Crippen LogP contribution in [-0.4, -0.2) is 35.0 Å². The maximum absolute atomic E-state index is 12.2. The highest BCUT2D eigenvalue weighted by atomic mass is 16.5. The molecule has 0 saturated heterocycles. The number of fused-ring (bicyclic) bond motifs is 5. The summed E-state index contributed by atoms with van der Waals surface area (Å²) in [5, 5.41) is 16.5. The minimum absolute atomic E-state index is 0.190. The van der Waals surface area contributed by atoms with Gasteiger partial charge in [0.25, 0.3) is 0 Å². The normalized spacial score (nSPS) is 47.8. The van der Waals surface area contributed by atoms with Gasteiger partial charge in [-0.1, -0.05) is 13.8 Å². The monoisotopic (exact) mass is 429 g/mol. The van der Waals surface area contributed by atoms with Gasteiger partial charge in [0.2, 0.25) is 0 Å². The second kappa shape index (κ2) is 7.06. The molecule has 7 heteroatoms. The van der Waals surface area contributed by atoms with E-state index < -0.39 is 11.6 Å². The topological polar surface area (TPSA) is 114 Å². The Hall–Kier alpha value is -1.89. The number of hydrazone groups is 1. The average Bonchev–Trinajstić information content (AvgIpc) is 3.26. The average molecular weight is 430 g/mol. The molecule has 0 aromatic heterocycles. The van der Waals surface area contributed by atoms with Gasteiger partial charge in [-0.3, -0.25) is 0 Å². The molecule has 4 N–H and O–H groups in total. The lowest BCUT2D eigenvalue weighted by molar-refractivity contribution is -0.200. The third kappa shape index (κ3) is 2.99. The number of nitrogens with zero attached hydrogens (tertiary/aromatic N) is 1. The molecule has 4 aliphatic carbocycles. The Morgan fingerprint density at radius 2 is 2.00 bits per heavy atom. The summed E-state index contributed by atoms with van der Waals surface area (Å²) in [6.07, 6.45) is 10.5. The molecule has 0 bridgehead atoms. The van der Waals surface area contributed by atoms with Crippen LogP contribution in [0.1, 0.15) is 71.6 Å². The number of nitrogens with two attached hydrogens (primary N) is 1. The molecule has 0 unspecified atom stereocenters. The van der Waals surface area contributed by atoms with Crippen molar-refractivity contribution in [3.05, 3.63) is 11.6 Å². The van der Waals surface area contributed by atoms with E-state index in [0.717, 1.165) is 69.1 Å². The van der Waals surface area contributed by atoms with Gasteiger partial charge in [-0.05, 0) is 92.4 Å². The van der Waals surface area contributed by atoms with E-state index in [1.807, 2.05) is 0 Å². The molecule has 31 heavy (non-hydrogen) atoms. The van der Waals surface area contributed by atoms with E-state index in [-0.39, 0.29) is 22.7 Å². The van der Waals surface area contributed by atoms with E-state index in [4.69, 9.17) is 10.5 Å². The highest BCUT2D eigenvalue weighted by molar-refractivity contribution is 5.87. The van der Waals surface area contributed by atoms with E-state index in [9.17, 15) is 14.7 Å². The number of primary amides is 1. The quantitative estimate of drug-likeness (QED) is 0.462. The first kappa shape index (κ1) is 21.0. The van der Waals surface area contributed by atoms with Crippen LogP contribution in [0.4, 0.5) is 4.79 Å². The van der Waals surface area contributed by atoms with Crippen LogP contribution < -0.4 is 11.2 Å². The number of carbonyl (C=O) groups excluding carboxylic acids is 2. The number of esters is 1. The summed E-state index contributed by atoms with van der Waals surface area (Å²) in [5.41, 5.74) is 9.03. The second-order valence-corrected chi connectivity index (χ2v) is 11.1. The molecule has 0 spiro atoms. The van der Waals surface area contributed by atoms with Crippen LogP contribution in [0.15, 0.2) is 16.8 Å². The molecule has 4 saturated carbocycles. The Morgan fingerprint density at radius 1 is 1.19 bits per heavy atom. The molecule has 2 amide bonds. The van der Waals surface area contributed by atoms with Crippen LogP contribution >= 0.6 is 0 Å². The lowest BCUT2D eigenvalue weighted by Gasteiger charge is -2.63. The fraction of sp³-hybridized carbons (Fsp3) is 0.792. The highest BCUT2D eigenvalue weighted by Crippen LogP contribution is 2.69. The predicted octanol–water partition coefficient (Wildman–Crippen LogP) is 3.27. The van der Waals surface area contributed by atoms with Crippen molar-refractivity contribution >= 4 is 17.7 Å². The zero-order chi connectivity index (χ0) is 22.0. The van der Waals surface area contributed by atoms with E-state index >= 15 is 0 Å². The molecular formula is C24H35N3O4. The van der Waals surface area contributed by atoms with Crippen molar-refractivity contribution in [3.63, 3.8) is 0 Å². The zero-order valence-electron chi connectivity index (χ0n) is 18.7. The van der Waals surface area contributed by atoms with E-state index in [2.05, 4.69) is 24.4 Å². The number of rotatable bonds is 2. The number of cyclic esters (lactones) is 1. The van der Waals surface area contributed by atoms with Gasteiger partial charge in [0.15, 0.2) is 0 Å². The maximum Gasteiger partial charge on any atom is 0.332 e. The minimum Gasteiger partial charge on any atom is -0.458 e. The SMILES string of the molecule is C[C@]12CC/C(=N\NC(N)=O)C[C@@H]1CC[C@H]1[C@@H]2CC[C@]2(C)[C@@H](C3=CC(=O)OC3)CC[C@]12O. The minimum atomic E-state index is -0.678. The van der Waals surface area contributed by atoms with Crippen LogP contribution in [0, 0.1) is 34.5 Å². The number of amides is 2. The molecule has 0 radical (unpaired) electrons. The molecule has 4 fully saturated rings. The first-order valence-corrected chi connectivity index (χ1v) is 11.9. The van der Waals surface area contributed by atoms with Gasteiger partial charge >= 0.3 is 12.0 Å². The molecule has 7 nitrogen and oxygen atoms in total. The Kier molecular flexibility index (Phi) is 4.78. The number of aliphatic hydroxyl groups is 1. The summed E-state index contributed by atoms with van der Waals surface area (Å²) in [7, 11) is 0. The zero-order valence-corrected chi connectivity index (χ0v) is 18.7. The third-order valence-electron chi connectivity index (χ3n) is 10.1. The van der Waals surface area contributed by atoms with Crippen molar-refractivity contribution in [2.45, 2.75) is 77.2 Å². The molecule has 0 aromatic rings. The molecule has 5 rings (SSSR count). The second-order valence-electron chi connectivity index (χ2n) is 11.1. The summed E-state index contributed by atoms with van der Waals surface area (Å²) >= 11 is 0. The molecule has 5 aliphatic rings. The molecule has 1 aliphatic heterocycles. The van der Waals surface area contributed by atoms with Crippen LogP contribution in [0.5, 0.6) is 0 Å². The number of urea groups is 1. The largest absolute Gasteiger partial charge is 0.458 e. The van der Waals surface area contributed by atoms with Crippen molar-refractivity contribution in [1.82, 2.24) is 5.43 Å². The lowest BCUT2D eigenvalue weighted by atomic mass is 9.43. The summed E-state index contributed by atoms with van der Waals surface area (Å²) in [4.78, 5) is 22.7. The Morgan fingerprint density at radius 3 is 2.71 bits per heavy atom. The van der Waals surface area contributed by atoms with Gasteiger partial charge in [-0.2, -0.15) is 5.10 Å². The first-order valence-electron chi connectivity index (χ1n) is 11.9. The standard InChI is InChI=1S/C24H35N3O4/c1-22-8-5-16(26-27-21(25)29)12-15(22)3-4-19-18(22)6-9-23(2)17(7-10-24(19,23)30)14-11-20(28)31-13-14/h11,15,17-19,30H,3-10,12-13H2,1-2H3,(H3,25,27,29)/b26-16+/t15-,17+,18-,19-,22-,23+,24-/m0/s1. The fourth-order valence-electron chi connectivity index (χ4n) is 8.45. The highest BCUT2D eigenvalue weighted by Gasteiger charge is 2.67. The van der Waals surface area contributed by atoms with Crippen LogP contribution in [0.25, 0.3) is 0 Å². The molecule has 1 heterocycles. The number of ether oxygens (including phenoxy) is 1. The van der Waals surface area contributed by atoms with Crippen molar-refractivity contribution < 1.29 is 19.4 Å². The van der Waals surface area contributed by atoms with Crippen molar-refractivity contribution in [3.8, 4) is 0 Å². The van der Waals surface area contributed by atoms with Gasteiger partial charge in [-0.25, -0.2) is 15.0 Å². The predicted molar refractivity (Wildman–Crippen MR) is 116 cm³/mol. The Bertz CT molecular complexity index is 869. The number of nitrogens with one attached hydrogen (secondary N) is 1. The van der Waals surface area contributed by atoms with Crippen LogP contribution in [-0.2, 0) is 9.53 Å². The summed E-state index contributed by atoms with van der Waals surface area (Å²) in [6.45, 7) is 5.09. The molecule has 0 aromatic carbocycles. The molecule has 170 valence electrons. The summed E-state index contributed by atoms with van der Waals surface area (Å²) < 4.78 is 5.22. The van der Waals surface area contributed by atoms with Crippen molar-refractivity contribution in [2.75, 3.05) is 6.61 Å². The number of hydrogen-bond acceptors (Lipinski definition) is 5. The van der Waals surface area contributed by atoms with Gasteiger partial charge in [0, 0.05) is 17.2 Å². The summed E-state index contributed by atoms with van der Waals surface area (Å²) in [5.74, 6) is 1.34. The molecule has 7 atom stereocenters. The Balaban J connectivity index is 1.39. The maximum atomic E-state index is 12.2. The van der Waals surface area contributed by atoms with Crippen LogP contribution in [0.2, 0.25) is 0 Å².